The van der Waals surface area contributed by atoms with Crippen molar-refractivity contribution in [2.24, 2.45) is 0 Å². The number of carbonyl (C=O) groups excluding carboxylic acids is 1. The number of carbonyl (C=O) groups is 2. The molecule has 1 saturated heterocycles. The molecule has 102 valence electrons. The van der Waals surface area contributed by atoms with Gasteiger partial charge >= 0.3 is 5.97 Å². The Hall–Kier alpha value is -1.95. The third kappa shape index (κ3) is 2.90. The summed E-state index contributed by atoms with van der Waals surface area (Å²) in [5, 5.41) is 8.88. The maximum atomic E-state index is 13.2. The summed E-state index contributed by atoms with van der Waals surface area (Å²) in [5.74, 6) is -1.96. The van der Waals surface area contributed by atoms with Gasteiger partial charge in [0, 0.05) is 12.1 Å². The van der Waals surface area contributed by atoms with Crippen LogP contribution in [0, 0.1) is 12.7 Å². The van der Waals surface area contributed by atoms with Crippen LogP contribution in [0.1, 0.15) is 15.9 Å². The second-order valence-electron chi connectivity index (χ2n) is 4.41. The Morgan fingerprint density at radius 1 is 1.47 bits per heavy atom. The first kappa shape index (κ1) is 13.5. The lowest BCUT2D eigenvalue weighted by atomic mass is 10.1. The minimum Gasteiger partial charge on any atom is -0.479 e. The van der Waals surface area contributed by atoms with E-state index in [2.05, 4.69) is 0 Å². The fourth-order valence-electron chi connectivity index (χ4n) is 1.98. The van der Waals surface area contributed by atoms with Crippen molar-refractivity contribution in [1.29, 1.82) is 0 Å². The fourth-order valence-corrected chi connectivity index (χ4v) is 1.98. The molecule has 0 spiro atoms. The molecular formula is C13H14FNO4. The molecule has 1 aromatic rings. The summed E-state index contributed by atoms with van der Waals surface area (Å²) in [6.45, 7) is 2.15. The van der Waals surface area contributed by atoms with Crippen molar-refractivity contribution in [1.82, 2.24) is 4.90 Å². The van der Waals surface area contributed by atoms with Gasteiger partial charge in [-0.1, -0.05) is 6.07 Å². The van der Waals surface area contributed by atoms with Gasteiger partial charge in [-0.25, -0.2) is 9.18 Å². The van der Waals surface area contributed by atoms with Gasteiger partial charge in [-0.15, -0.1) is 0 Å². The molecule has 0 bridgehead atoms. The Labute approximate surface area is 109 Å². The van der Waals surface area contributed by atoms with E-state index < -0.39 is 17.9 Å². The first-order chi connectivity index (χ1) is 8.99. The number of hydrogen-bond donors (Lipinski definition) is 1. The van der Waals surface area contributed by atoms with E-state index in [-0.39, 0.29) is 24.6 Å². The lowest BCUT2D eigenvalue weighted by Crippen LogP contribution is -2.48. The van der Waals surface area contributed by atoms with Gasteiger partial charge in [0.25, 0.3) is 5.91 Å². The largest absolute Gasteiger partial charge is 0.479 e. The van der Waals surface area contributed by atoms with E-state index in [0.29, 0.717) is 12.1 Å². The summed E-state index contributed by atoms with van der Waals surface area (Å²) in [7, 11) is 0. The van der Waals surface area contributed by atoms with Crippen LogP contribution in [0.3, 0.4) is 0 Å². The van der Waals surface area contributed by atoms with Crippen LogP contribution in [0.4, 0.5) is 4.39 Å². The first-order valence-electron chi connectivity index (χ1n) is 5.89. The normalized spacial score (nSPS) is 19.3. The van der Waals surface area contributed by atoms with Crippen molar-refractivity contribution >= 4 is 11.9 Å². The summed E-state index contributed by atoms with van der Waals surface area (Å²) in [4.78, 5) is 24.5. The highest BCUT2D eigenvalue weighted by molar-refractivity contribution is 5.96. The SMILES string of the molecule is Cc1ccc(F)cc1C(=O)N1CCOC(C(=O)O)C1. The van der Waals surface area contributed by atoms with E-state index in [1.807, 2.05) is 0 Å². The highest BCUT2D eigenvalue weighted by atomic mass is 19.1. The number of hydrogen-bond acceptors (Lipinski definition) is 3. The van der Waals surface area contributed by atoms with Crippen LogP contribution in [0.5, 0.6) is 0 Å². The van der Waals surface area contributed by atoms with Gasteiger partial charge in [0.1, 0.15) is 5.82 Å². The van der Waals surface area contributed by atoms with E-state index in [9.17, 15) is 14.0 Å². The average Bonchev–Trinajstić information content (AvgIpc) is 2.41. The highest BCUT2D eigenvalue weighted by Crippen LogP contribution is 2.15. The molecule has 5 nitrogen and oxygen atoms in total. The number of rotatable bonds is 2. The predicted octanol–water partition coefficient (Wildman–Crippen LogP) is 1.06. The maximum Gasteiger partial charge on any atom is 0.334 e. The molecule has 1 heterocycles. The van der Waals surface area contributed by atoms with Crippen molar-refractivity contribution in [2.75, 3.05) is 19.7 Å². The Bertz CT molecular complexity index is 517. The Kier molecular flexibility index (Phi) is 3.80. The molecule has 0 aromatic heterocycles. The lowest BCUT2D eigenvalue weighted by Gasteiger charge is -2.31. The maximum absolute atomic E-state index is 13.2. The zero-order chi connectivity index (χ0) is 14.0. The van der Waals surface area contributed by atoms with Crippen LogP contribution < -0.4 is 0 Å². The molecule has 1 fully saturated rings. The van der Waals surface area contributed by atoms with Gasteiger partial charge in [-0.2, -0.15) is 0 Å². The van der Waals surface area contributed by atoms with Gasteiger partial charge in [-0.05, 0) is 24.6 Å². The number of aryl methyl sites for hydroxylation is 1. The molecule has 1 aromatic carbocycles. The van der Waals surface area contributed by atoms with Crippen LogP contribution in [0.25, 0.3) is 0 Å². The van der Waals surface area contributed by atoms with E-state index in [4.69, 9.17) is 9.84 Å². The van der Waals surface area contributed by atoms with Crippen molar-refractivity contribution < 1.29 is 23.8 Å². The van der Waals surface area contributed by atoms with E-state index >= 15 is 0 Å². The predicted molar refractivity (Wildman–Crippen MR) is 64.4 cm³/mol. The van der Waals surface area contributed by atoms with E-state index in [0.717, 1.165) is 0 Å². The topological polar surface area (TPSA) is 66.8 Å². The number of morpholine rings is 1. The van der Waals surface area contributed by atoms with Crippen molar-refractivity contribution in [3.05, 3.63) is 35.1 Å². The number of amides is 1. The number of aliphatic carboxylic acids is 1. The molecule has 1 aliphatic heterocycles. The summed E-state index contributed by atoms with van der Waals surface area (Å²) < 4.78 is 18.2. The molecule has 1 atom stereocenters. The van der Waals surface area contributed by atoms with Gasteiger partial charge in [0.2, 0.25) is 0 Å². The quantitative estimate of drug-likeness (QED) is 0.870. The van der Waals surface area contributed by atoms with E-state index in [1.165, 1.54) is 23.1 Å². The zero-order valence-corrected chi connectivity index (χ0v) is 10.4. The van der Waals surface area contributed by atoms with Crippen LogP contribution in [-0.4, -0.2) is 47.7 Å². The Morgan fingerprint density at radius 3 is 2.89 bits per heavy atom. The van der Waals surface area contributed by atoms with Crippen LogP contribution in [0.2, 0.25) is 0 Å². The fraction of sp³-hybridized carbons (Fsp3) is 0.385. The van der Waals surface area contributed by atoms with Gasteiger partial charge in [0.15, 0.2) is 6.10 Å². The molecule has 2 rings (SSSR count). The number of halogens is 1. The first-order valence-corrected chi connectivity index (χ1v) is 5.89. The summed E-state index contributed by atoms with van der Waals surface area (Å²) in [6, 6.07) is 3.98. The van der Waals surface area contributed by atoms with Crippen molar-refractivity contribution in [3.8, 4) is 0 Å². The molecule has 1 N–H and O–H groups in total. The Morgan fingerprint density at radius 2 is 2.21 bits per heavy atom. The summed E-state index contributed by atoms with van der Waals surface area (Å²) >= 11 is 0. The molecule has 0 aliphatic carbocycles. The van der Waals surface area contributed by atoms with Gasteiger partial charge in [0.05, 0.1) is 13.2 Å². The zero-order valence-electron chi connectivity index (χ0n) is 10.4. The van der Waals surface area contributed by atoms with Crippen LogP contribution >= 0.6 is 0 Å². The van der Waals surface area contributed by atoms with Gasteiger partial charge in [-0.3, -0.25) is 4.79 Å². The number of carboxylic acids is 1. The second-order valence-corrected chi connectivity index (χ2v) is 4.41. The minimum absolute atomic E-state index is 0.0237. The number of nitrogens with zero attached hydrogens (tertiary/aromatic N) is 1. The molecule has 0 saturated carbocycles. The van der Waals surface area contributed by atoms with Crippen LogP contribution in [0.15, 0.2) is 18.2 Å². The van der Waals surface area contributed by atoms with E-state index in [1.54, 1.807) is 6.92 Å². The average molecular weight is 267 g/mol. The lowest BCUT2D eigenvalue weighted by molar-refractivity contribution is -0.154. The van der Waals surface area contributed by atoms with Crippen molar-refractivity contribution in [2.45, 2.75) is 13.0 Å². The standard InChI is InChI=1S/C13H14FNO4/c1-8-2-3-9(14)6-10(8)12(16)15-4-5-19-11(7-15)13(17)18/h2-3,6,11H,4-5,7H2,1H3,(H,17,18). The molecule has 19 heavy (non-hydrogen) atoms. The number of benzene rings is 1. The minimum atomic E-state index is -1.10. The Balaban J connectivity index is 2.19. The molecule has 0 radical (unpaired) electrons. The summed E-state index contributed by atoms with van der Waals surface area (Å²) in [6.07, 6.45) is -1.02. The molecular weight excluding hydrogens is 253 g/mol. The smallest absolute Gasteiger partial charge is 0.334 e. The number of carboxylic acid groups (broad SMARTS) is 1. The monoisotopic (exact) mass is 267 g/mol. The number of ether oxygens (including phenoxy) is 1. The molecule has 1 unspecified atom stereocenters. The molecule has 1 amide bonds. The second kappa shape index (κ2) is 5.36. The van der Waals surface area contributed by atoms with Crippen LogP contribution in [-0.2, 0) is 9.53 Å². The van der Waals surface area contributed by atoms with Crippen molar-refractivity contribution in [3.63, 3.8) is 0 Å². The summed E-state index contributed by atoms with van der Waals surface area (Å²) in [5.41, 5.74) is 0.913. The third-order valence-corrected chi connectivity index (χ3v) is 3.06. The highest BCUT2D eigenvalue weighted by Gasteiger charge is 2.30. The third-order valence-electron chi connectivity index (χ3n) is 3.06. The molecule has 1 aliphatic rings. The van der Waals surface area contributed by atoms with Gasteiger partial charge < -0.3 is 14.7 Å². The molecule has 6 heteroatoms.